The van der Waals surface area contributed by atoms with Crippen molar-refractivity contribution in [2.45, 2.75) is 39.2 Å². The van der Waals surface area contributed by atoms with E-state index in [-0.39, 0.29) is 0 Å². The lowest BCUT2D eigenvalue weighted by molar-refractivity contribution is -0.110. The zero-order valence-electron chi connectivity index (χ0n) is 14.1. The van der Waals surface area contributed by atoms with E-state index in [4.69, 9.17) is 9.47 Å². The maximum atomic E-state index is 14.5. The Morgan fingerprint density at radius 2 is 1.88 bits per heavy atom. The van der Waals surface area contributed by atoms with Gasteiger partial charge in [-0.3, -0.25) is 0 Å². The number of alkyl halides is 2. The molecule has 0 radical (unpaired) electrons. The van der Waals surface area contributed by atoms with Crippen LogP contribution in [0, 0.1) is 12.7 Å². The number of benzene rings is 2. The molecular weight excluding hydrogens is 329 g/mol. The zero-order chi connectivity index (χ0) is 17.9. The Labute approximate surface area is 143 Å². The topological polar surface area (TPSA) is 18.5 Å². The maximum absolute atomic E-state index is 14.5. The van der Waals surface area contributed by atoms with Crippen molar-refractivity contribution in [1.82, 2.24) is 0 Å². The SMILES string of the molecule is CC1=C(C)c2ccc(Oc3cc(C)cc(F)c3)c3c2C(O1)C(F)(F)C3. The molecule has 0 N–H and O–H groups in total. The van der Waals surface area contributed by atoms with Gasteiger partial charge < -0.3 is 9.47 Å². The summed E-state index contributed by atoms with van der Waals surface area (Å²) in [6.45, 7) is 5.30. The molecule has 0 saturated carbocycles. The second-order valence-corrected chi connectivity index (χ2v) is 6.69. The van der Waals surface area contributed by atoms with Crippen LogP contribution in [0.1, 0.15) is 42.2 Å². The van der Waals surface area contributed by atoms with E-state index in [1.807, 2.05) is 6.92 Å². The average molecular weight is 346 g/mol. The first-order valence-corrected chi connectivity index (χ1v) is 8.09. The van der Waals surface area contributed by atoms with E-state index >= 15 is 0 Å². The number of hydrogen-bond donors (Lipinski definition) is 0. The summed E-state index contributed by atoms with van der Waals surface area (Å²) in [5, 5.41) is 0. The molecule has 25 heavy (non-hydrogen) atoms. The van der Waals surface area contributed by atoms with Crippen molar-refractivity contribution < 1.29 is 22.6 Å². The van der Waals surface area contributed by atoms with Crippen molar-refractivity contribution in [2.24, 2.45) is 0 Å². The molecule has 0 aromatic heterocycles. The summed E-state index contributed by atoms with van der Waals surface area (Å²) in [6, 6.07) is 7.75. The second-order valence-electron chi connectivity index (χ2n) is 6.69. The van der Waals surface area contributed by atoms with Gasteiger partial charge in [0.05, 0.1) is 5.76 Å². The summed E-state index contributed by atoms with van der Waals surface area (Å²) >= 11 is 0. The van der Waals surface area contributed by atoms with Gasteiger partial charge >= 0.3 is 0 Å². The van der Waals surface area contributed by atoms with Gasteiger partial charge in [0.25, 0.3) is 5.92 Å². The van der Waals surface area contributed by atoms with E-state index in [2.05, 4.69) is 0 Å². The van der Waals surface area contributed by atoms with Gasteiger partial charge in [-0.2, -0.15) is 0 Å². The molecule has 2 nitrogen and oxygen atoms in total. The molecule has 2 aromatic carbocycles. The Morgan fingerprint density at radius 3 is 2.60 bits per heavy atom. The Hall–Kier alpha value is -2.43. The van der Waals surface area contributed by atoms with Crippen molar-refractivity contribution in [1.29, 1.82) is 0 Å². The van der Waals surface area contributed by atoms with Crippen LogP contribution in [0.5, 0.6) is 11.5 Å². The largest absolute Gasteiger partial charge is 0.484 e. The molecule has 0 spiro atoms. The molecule has 5 heteroatoms. The number of halogens is 3. The zero-order valence-corrected chi connectivity index (χ0v) is 14.1. The van der Waals surface area contributed by atoms with Gasteiger partial charge in [0.2, 0.25) is 0 Å². The first-order valence-electron chi connectivity index (χ1n) is 8.09. The maximum Gasteiger partial charge on any atom is 0.292 e. The van der Waals surface area contributed by atoms with Crippen molar-refractivity contribution in [3.05, 3.63) is 64.2 Å². The summed E-state index contributed by atoms with van der Waals surface area (Å²) in [4.78, 5) is 0. The van der Waals surface area contributed by atoms with Gasteiger partial charge in [-0.25, -0.2) is 13.2 Å². The van der Waals surface area contributed by atoms with Crippen molar-refractivity contribution in [2.75, 3.05) is 0 Å². The van der Waals surface area contributed by atoms with Crippen LogP contribution < -0.4 is 4.74 Å². The monoisotopic (exact) mass is 346 g/mol. The highest BCUT2D eigenvalue weighted by molar-refractivity contribution is 5.74. The summed E-state index contributed by atoms with van der Waals surface area (Å²) in [7, 11) is 0. The summed E-state index contributed by atoms with van der Waals surface area (Å²) in [6.07, 6.45) is -1.75. The van der Waals surface area contributed by atoms with E-state index in [9.17, 15) is 13.2 Å². The predicted molar refractivity (Wildman–Crippen MR) is 88.4 cm³/mol. The molecule has 0 saturated heterocycles. The molecule has 2 aliphatic rings. The minimum atomic E-state index is -3.00. The van der Waals surface area contributed by atoms with Crippen molar-refractivity contribution >= 4 is 5.57 Å². The standard InChI is InChI=1S/C20H17F3O2/c1-10-6-13(21)8-14(7-10)25-17-5-4-15-11(2)12(3)24-19-18(15)16(17)9-20(19,22)23/h4-8,19H,9H2,1-3H3. The Kier molecular flexibility index (Phi) is 3.39. The third-order valence-corrected chi connectivity index (χ3v) is 4.84. The lowest BCUT2D eigenvalue weighted by atomic mass is 9.93. The third kappa shape index (κ3) is 2.49. The summed E-state index contributed by atoms with van der Waals surface area (Å²) in [5.74, 6) is -2.30. The third-order valence-electron chi connectivity index (χ3n) is 4.84. The van der Waals surface area contributed by atoms with Gasteiger partial charge in [-0.15, -0.1) is 0 Å². The van der Waals surface area contributed by atoms with Crippen LogP contribution >= 0.6 is 0 Å². The van der Waals surface area contributed by atoms with Crippen molar-refractivity contribution in [3.8, 4) is 11.5 Å². The molecule has 1 atom stereocenters. The van der Waals surface area contributed by atoms with E-state index in [0.29, 0.717) is 33.9 Å². The van der Waals surface area contributed by atoms with Crippen LogP contribution in [0.3, 0.4) is 0 Å². The first kappa shape index (κ1) is 16.1. The van der Waals surface area contributed by atoms with Gasteiger partial charge in [0, 0.05) is 23.6 Å². The molecule has 1 aliphatic heterocycles. The molecular formula is C20H17F3O2. The van der Waals surface area contributed by atoms with Gasteiger partial charge in [-0.05, 0) is 55.7 Å². The summed E-state index contributed by atoms with van der Waals surface area (Å²) in [5.41, 5.74) is 3.23. The van der Waals surface area contributed by atoms with Crippen molar-refractivity contribution in [3.63, 3.8) is 0 Å². The highest BCUT2D eigenvalue weighted by Crippen LogP contribution is 2.54. The van der Waals surface area contributed by atoms with Gasteiger partial charge in [-0.1, -0.05) is 6.07 Å². The minimum Gasteiger partial charge on any atom is -0.484 e. The smallest absolute Gasteiger partial charge is 0.292 e. The average Bonchev–Trinajstić information content (AvgIpc) is 2.77. The number of ether oxygens (including phenoxy) is 2. The Balaban J connectivity index is 1.83. The lowest BCUT2D eigenvalue weighted by Gasteiger charge is -2.29. The highest BCUT2D eigenvalue weighted by Gasteiger charge is 2.53. The fraction of sp³-hybridized carbons (Fsp3) is 0.300. The van der Waals surface area contributed by atoms with Crippen LogP contribution in [0.25, 0.3) is 5.57 Å². The van der Waals surface area contributed by atoms with E-state index in [0.717, 1.165) is 11.1 Å². The Morgan fingerprint density at radius 1 is 1.12 bits per heavy atom. The van der Waals surface area contributed by atoms with Crippen LogP contribution in [-0.2, 0) is 11.2 Å². The highest BCUT2D eigenvalue weighted by atomic mass is 19.3. The van der Waals surface area contributed by atoms with Crippen LogP contribution in [0.4, 0.5) is 13.2 Å². The quantitative estimate of drug-likeness (QED) is 0.670. The van der Waals surface area contributed by atoms with E-state index in [1.165, 1.54) is 12.1 Å². The second kappa shape index (κ2) is 5.28. The molecule has 4 rings (SSSR count). The van der Waals surface area contributed by atoms with Gasteiger partial charge in [0.15, 0.2) is 6.10 Å². The molecule has 2 aromatic rings. The molecule has 1 unspecified atom stereocenters. The van der Waals surface area contributed by atoms with Crippen LogP contribution in [0.2, 0.25) is 0 Å². The molecule has 0 bridgehead atoms. The number of allylic oxidation sites excluding steroid dienone is 2. The molecule has 0 fully saturated rings. The van der Waals surface area contributed by atoms with Gasteiger partial charge in [0.1, 0.15) is 17.3 Å². The van der Waals surface area contributed by atoms with Crippen LogP contribution in [0.15, 0.2) is 36.1 Å². The molecule has 1 aliphatic carbocycles. The fourth-order valence-corrected chi connectivity index (χ4v) is 3.58. The molecule has 130 valence electrons. The predicted octanol–water partition coefficient (Wildman–Crippen LogP) is 5.94. The lowest BCUT2D eigenvalue weighted by Crippen LogP contribution is -2.26. The van der Waals surface area contributed by atoms with E-state index in [1.54, 1.807) is 32.0 Å². The minimum absolute atomic E-state index is 0.292. The van der Waals surface area contributed by atoms with E-state index < -0.39 is 24.3 Å². The fourth-order valence-electron chi connectivity index (χ4n) is 3.58. The number of rotatable bonds is 2. The number of aryl methyl sites for hydroxylation is 1. The normalized spacial score (nSPS) is 20.3. The van der Waals surface area contributed by atoms with Crippen LogP contribution in [-0.4, -0.2) is 5.92 Å². The first-order chi connectivity index (χ1) is 11.8. The Bertz CT molecular complexity index is 895. The molecule has 0 amide bonds. The molecule has 1 heterocycles. The summed E-state index contributed by atoms with van der Waals surface area (Å²) < 4.78 is 53.9. The number of hydrogen-bond acceptors (Lipinski definition) is 2.